The van der Waals surface area contributed by atoms with E-state index < -0.39 is 0 Å². The summed E-state index contributed by atoms with van der Waals surface area (Å²) in [5.74, 6) is 1.09. The maximum Gasteiger partial charge on any atom is 0.117 e. The predicted molar refractivity (Wildman–Crippen MR) is 74.5 cm³/mol. The van der Waals surface area contributed by atoms with Crippen LogP contribution in [0.2, 0.25) is 0 Å². The summed E-state index contributed by atoms with van der Waals surface area (Å²) in [5.41, 5.74) is 0. The zero-order valence-electron chi connectivity index (χ0n) is 11.5. The van der Waals surface area contributed by atoms with E-state index in [2.05, 4.69) is 23.2 Å². The number of nitrogens with one attached hydrogen (secondary N) is 1. The Bertz CT molecular complexity index is 304. The first-order valence-electron chi connectivity index (χ1n) is 7.36. The molecule has 102 valence electrons. The molecule has 2 heterocycles. The van der Waals surface area contributed by atoms with E-state index in [0.29, 0.717) is 6.04 Å². The molecule has 0 amide bonds. The Morgan fingerprint density at radius 2 is 2.39 bits per heavy atom. The highest BCUT2D eigenvalue weighted by Gasteiger charge is 2.17. The van der Waals surface area contributed by atoms with E-state index >= 15 is 0 Å². The van der Waals surface area contributed by atoms with Crippen molar-refractivity contribution < 1.29 is 4.42 Å². The first-order valence-corrected chi connectivity index (χ1v) is 7.36. The Kier molecular flexibility index (Phi) is 5.75. The minimum atomic E-state index is 0.672. The third-order valence-corrected chi connectivity index (χ3v) is 3.68. The molecule has 0 unspecified atom stereocenters. The lowest BCUT2D eigenvalue weighted by Crippen LogP contribution is -2.43. The molecule has 0 radical (unpaired) electrons. The number of hydrogen-bond acceptors (Lipinski definition) is 3. The average Bonchev–Trinajstić information content (AvgIpc) is 2.90. The molecule has 1 atom stereocenters. The molecular formula is C15H26N2O. The normalized spacial score (nSPS) is 20.4. The van der Waals surface area contributed by atoms with Crippen molar-refractivity contribution in [3.63, 3.8) is 0 Å². The molecule has 1 N–H and O–H groups in total. The van der Waals surface area contributed by atoms with Crippen molar-refractivity contribution in [3.8, 4) is 0 Å². The summed E-state index contributed by atoms with van der Waals surface area (Å²) in [5, 5.41) is 3.63. The average molecular weight is 250 g/mol. The van der Waals surface area contributed by atoms with Crippen LogP contribution in [0.1, 0.15) is 44.8 Å². The summed E-state index contributed by atoms with van der Waals surface area (Å²) in [6.45, 7) is 6.72. The molecule has 3 nitrogen and oxygen atoms in total. The third-order valence-electron chi connectivity index (χ3n) is 3.68. The lowest BCUT2D eigenvalue weighted by atomic mass is 10.0. The Morgan fingerprint density at radius 1 is 1.44 bits per heavy atom. The summed E-state index contributed by atoms with van der Waals surface area (Å²) >= 11 is 0. The first-order chi connectivity index (χ1) is 8.88. The van der Waals surface area contributed by atoms with Gasteiger partial charge in [0.2, 0.25) is 0 Å². The molecule has 0 bridgehead atoms. The van der Waals surface area contributed by atoms with Gasteiger partial charge >= 0.3 is 0 Å². The van der Waals surface area contributed by atoms with Crippen LogP contribution >= 0.6 is 0 Å². The van der Waals surface area contributed by atoms with Crippen LogP contribution in [0.5, 0.6) is 0 Å². The lowest BCUT2D eigenvalue weighted by Gasteiger charge is -2.30. The van der Waals surface area contributed by atoms with E-state index in [9.17, 15) is 0 Å². The molecule has 3 heteroatoms. The van der Waals surface area contributed by atoms with Gasteiger partial charge in [-0.05, 0) is 44.5 Å². The van der Waals surface area contributed by atoms with Crippen molar-refractivity contribution in [2.75, 3.05) is 19.6 Å². The fourth-order valence-corrected chi connectivity index (χ4v) is 2.63. The lowest BCUT2D eigenvalue weighted by molar-refractivity contribution is 0.201. The van der Waals surface area contributed by atoms with Gasteiger partial charge in [-0.3, -0.25) is 4.90 Å². The number of nitrogens with zero attached hydrogens (tertiary/aromatic N) is 1. The van der Waals surface area contributed by atoms with Crippen molar-refractivity contribution in [1.82, 2.24) is 10.2 Å². The fraction of sp³-hybridized carbons (Fsp3) is 0.733. The molecule has 1 aliphatic rings. The van der Waals surface area contributed by atoms with Crippen LogP contribution in [0.3, 0.4) is 0 Å². The fourth-order valence-electron chi connectivity index (χ4n) is 2.63. The molecule has 1 saturated heterocycles. The van der Waals surface area contributed by atoms with Crippen molar-refractivity contribution in [2.24, 2.45) is 0 Å². The molecule has 1 aromatic heterocycles. The zero-order chi connectivity index (χ0) is 12.6. The van der Waals surface area contributed by atoms with Crippen LogP contribution in [0.25, 0.3) is 0 Å². The molecule has 0 aromatic carbocycles. The first kappa shape index (κ1) is 13.6. The standard InChI is InChI=1S/C15H26N2O/c1-2-3-10-17(13-15-8-6-11-18-15)12-14-7-4-5-9-16-14/h6,8,11,14,16H,2-5,7,9-10,12-13H2,1H3/t14-/m0/s1. The molecule has 0 aliphatic carbocycles. The summed E-state index contributed by atoms with van der Waals surface area (Å²) in [6.07, 6.45) is 8.33. The molecule has 0 spiro atoms. The molecule has 1 aromatic rings. The van der Waals surface area contributed by atoms with Gasteiger partial charge in [-0.1, -0.05) is 19.8 Å². The van der Waals surface area contributed by atoms with Gasteiger partial charge < -0.3 is 9.73 Å². The second kappa shape index (κ2) is 7.59. The summed E-state index contributed by atoms with van der Waals surface area (Å²) < 4.78 is 5.47. The third kappa shape index (κ3) is 4.46. The quantitative estimate of drug-likeness (QED) is 0.806. The SMILES string of the molecule is CCCCN(Cc1ccco1)C[C@@H]1CCCCN1. The van der Waals surface area contributed by atoms with Crippen molar-refractivity contribution >= 4 is 0 Å². The van der Waals surface area contributed by atoms with Gasteiger partial charge in [-0.2, -0.15) is 0 Å². The van der Waals surface area contributed by atoms with Crippen LogP contribution in [0.4, 0.5) is 0 Å². The Balaban J connectivity index is 1.83. The highest BCUT2D eigenvalue weighted by molar-refractivity contribution is 4.98. The monoisotopic (exact) mass is 250 g/mol. The van der Waals surface area contributed by atoms with Crippen LogP contribution in [-0.4, -0.2) is 30.6 Å². The van der Waals surface area contributed by atoms with Gasteiger partial charge in [-0.15, -0.1) is 0 Å². The van der Waals surface area contributed by atoms with Gasteiger partial charge in [0.25, 0.3) is 0 Å². The molecule has 1 aliphatic heterocycles. The second-order valence-corrected chi connectivity index (χ2v) is 5.31. The van der Waals surface area contributed by atoms with Gasteiger partial charge in [0.1, 0.15) is 5.76 Å². The number of piperidine rings is 1. The molecule has 1 fully saturated rings. The van der Waals surface area contributed by atoms with Crippen LogP contribution in [-0.2, 0) is 6.54 Å². The van der Waals surface area contributed by atoms with Crippen LogP contribution < -0.4 is 5.32 Å². The summed E-state index contributed by atoms with van der Waals surface area (Å²) in [6, 6.07) is 4.73. The molecular weight excluding hydrogens is 224 g/mol. The highest BCUT2D eigenvalue weighted by Crippen LogP contribution is 2.12. The topological polar surface area (TPSA) is 28.4 Å². The summed E-state index contributed by atoms with van der Waals surface area (Å²) in [7, 11) is 0. The molecule has 2 rings (SSSR count). The number of furan rings is 1. The Hall–Kier alpha value is -0.800. The van der Waals surface area contributed by atoms with E-state index in [4.69, 9.17) is 4.42 Å². The maximum absolute atomic E-state index is 5.47. The second-order valence-electron chi connectivity index (χ2n) is 5.31. The predicted octanol–water partition coefficient (Wildman–Crippen LogP) is 3.02. The van der Waals surface area contributed by atoms with Gasteiger partial charge in [-0.25, -0.2) is 0 Å². The van der Waals surface area contributed by atoms with E-state index in [1.54, 1.807) is 6.26 Å². The summed E-state index contributed by atoms with van der Waals surface area (Å²) in [4.78, 5) is 2.53. The van der Waals surface area contributed by atoms with E-state index in [0.717, 1.165) is 18.8 Å². The largest absolute Gasteiger partial charge is 0.468 e. The van der Waals surface area contributed by atoms with Crippen molar-refractivity contribution in [3.05, 3.63) is 24.2 Å². The van der Waals surface area contributed by atoms with E-state index in [-0.39, 0.29) is 0 Å². The maximum atomic E-state index is 5.47. The highest BCUT2D eigenvalue weighted by atomic mass is 16.3. The zero-order valence-corrected chi connectivity index (χ0v) is 11.5. The van der Waals surface area contributed by atoms with Gasteiger partial charge in [0.15, 0.2) is 0 Å². The van der Waals surface area contributed by atoms with Crippen molar-refractivity contribution in [2.45, 2.75) is 51.6 Å². The number of rotatable bonds is 7. The molecule has 18 heavy (non-hydrogen) atoms. The molecule has 0 saturated carbocycles. The van der Waals surface area contributed by atoms with E-state index in [1.807, 2.05) is 6.07 Å². The Labute approximate surface area is 111 Å². The smallest absolute Gasteiger partial charge is 0.117 e. The van der Waals surface area contributed by atoms with Gasteiger partial charge in [0.05, 0.1) is 12.8 Å². The van der Waals surface area contributed by atoms with Gasteiger partial charge in [0, 0.05) is 12.6 Å². The van der Waals surface area contributed by atoms with Crippen LogP contribution in [0, 0.1) is 0 Å². The number of hydrogen-bond donors (Lipinski definition) is 1. The minimum Gasteiger partial charge on any atom is -0.468 e. The van der Waals surface area contributed by atoms with Crippen molar-refractivity contribution in [1.29, 1.82) is 0 Å². The van der Waals surface area contributed by atoms with Crippen LogP contribution in [0.15, 0.2) is 22.8 Å². The minimum absolute atomic E-state index is 0.672. The Morgan fingerprint density at radius 3 is 3.06 bits per heavy atom. The van der Waals surface area contributed by atoms with E-state index in [1.165, 1.54) is 45.2 Å². The number of unbranched alkanes of at least 4 members (excludes halogenated alkanes) is 1.